The van der Waals surface area contributed by atoms with Crippen molar-refractivity contribution >= 4 is 5.91 Å². The van der Waals surface area contributed by atoms with Crippen molar-refractivity contribution in [2.24, 2.45) is 0 Å². The summed E-state index contributed by atoms with van der Waals surface area (Å²) in [5, 5.41) is 0. The molecule has 138 valence electrons. The highest BCUT2D eigenvalue weighted by Crippen LogP contribution is 2.24. The van der Waals surface area contributed by atoms with Gasteiger partial charge in [0.1, 0.15) is 5.75 Å². The Hall–Kier alpha value is -1.59. The lowest BCUT2D eigenvalue weighted by Crippen LogP contribution is -2.50. The summed E-state index contributed by atoms with van der Waals surface area (Å²) in [7, 11) is 1.67. The van der Waals surface area contributed by atoms with Crippen LogP contribution in [-0.4, -0.2) is 68.3 Å². The Morgan fingerprint density at radius 3 is 2.80 bits per heavy atom. The third-order valence-electron chi connectivity index (χ3n) is 5.35. The molecule has 2 aliphatic rings. The fourth-order valence-corrected chi connectivity index (χ4v) is 3.71. The highest BCUT2D eigenvalue weighted by molar-refractivity contribution is 5.77. The van der Waals surface area contributed by atoms with E-state index in [1.807, 2.05) is 23.1 Å². The quantitative estimate of drug-likeness (QED) is 0.794. The van der Waals surface area contributed by atoms with Crippen molar-refractivity contribution in [3.05, 3.63) is 29.8 Å². The van der Waals surface area contributed by atoms with Gasteiger partial charge in [-0.25, -0.2) is 0 Å². The van der Waals surface area contributed by atoms with Gasteiger partial charge in [0, 0.05) is 45.8 Å². The fraction of sp³-hybridized carbons (Fsp3) is 0.650. The van der Waals surface area contributed by atoms with E-state index in [0.717, 1.165) is 50.6 Å². The maximum atomic E-state index is 12.6. The predicted octanol–water partition coefficient (Wildman–Crippen LogP) is 2.51. The Balaban J connectivity index is 1.45. The first-order valence-electron chi connectivity index (χ1n) is 9.41. The van der Waals surface area contributed by atoms with Crippen LogP contribution >= 0.6 is 0 Å². The molecule has 0 spiro atoms. The highest BCUT2D eigenvalue weighted by atomic mass is 16.5. The molecule has 5 nitrogen and oxygen atoms in total. The van der Waals surface area contributed by atoms with Gasteiger partial charge in [0.15, 0.2) is 0 Å². The lowest BCUT2D eigenvalue weighted by molar-refractivity contribution is -0.133. The van der Waals surface area contributed by atoms with Gasteiger partial charge in [0.25, 0.3) is 0 Å². The molecule has 0 unspecified atom stereocenters. The fourth-order valence-electron chi connectivity index (χ4n) is 3.71. The first-order chi connectivity index (χ1) is 12.2. The number of carbonyl (C=O) groups excluding carboxylic acids is 1. The van der Waals surface area contributed by atoms with Crippen LogP contribution in [0.25, 0.3) is 0 Å². The van der Waals surface area contributed by atoms with Crippen LogP contribution in [0, 0.1) is 0 Å². The van der Waals surface area contributed by atoms with Crippen LogP contribution in [0.4, 0.5) is 0 Å². The molecular formula is C20H30N2O3. The van der Waals surface area contributed by atoms with Crippen molar-refractivity contribution in [1.82, 2.24) is 9.80 Å². The lowest BCUT2D eigenvalue weighted by Gasteiger charge is -2.36. The molecule has 2 atom stereocenters. The summed E-state index contributed by atoms with van der Waals surface area (Å²) >= 11 is 0. The first-order valence-corrected chi connectivity index (χ1v) is 9.41. The molecule has 3 rings (SSSR count). The zero-order valence-electron chi connectivity index (χ0n) is 15.4. The summed E-state index contributed by atoms with van der Waals surface area (Å²) in [6, 6.07) is 8.02. The molecule has 1 aromatic carbocycles. The number of rotatable bonds is 6. The molecule has 0 N–H and O–H groups in total. The SMILES string of the molecule is COc1cccc([C@H](C)CC(=O)N2CCN(C[C@H]3CCCO3)CC2)c1. The monoisotopic (exact) mass is 346 g/mol. The normalized spacial score (nSPS) is 22.8. The van der Waals surface area contributed by atoms with Gasteiger partial charge < -0.3 is 14.4 Å². The van der Waals surface area contributed by atoms with Crippen LogP contribution in [0.2, 0.25) is 0 Å². The maximum absolute atomic E-state index is 12.6. The van der Waals surface area contributed by atoms with Crippen molar-refractivity contribution in [2.45, 2.75) is 38.2 Å². The number of hydrogen-bond donors (Lipinski definition) is 0. The van der Waals surface area contributed by atoms with Crippen LogP contribution in [0.5, 0.6) is 5.75 Å². The molecule has 1 aromatic rings. The Labute approximate surface area is 150 Å². The molecule has 2 saturated heterocycles. The smallest absolute Gasteiger partial charge is 0.223 e. The molecule has 2 aliphatic heterocycles. The summed E-state index contributed by atoms with van der Waals surface area (Å²) in [4.78, 5) is 17.1. The van der Waals surface area contributed by atoms with Crippen LogP contribution in [0.3, 0.4) is 0 Å². The second-order valence-corrected chi connectivity index (χ2v) is 7.20. The van der Waals surface area contributed by atoms with Crippen molar-refractivity contribution in [3.63, 3.8) is 0 Å². The number of ether oxygens (including phenoxy) is 2. The highest BCUT2D eigenvalue weighted by Gasteiger charge is 2.25. The number of carbonyl (C=O) groups is 1. The van der Waals surface area contributed by atoms with Gasteiger partial charge >= 0.3 is 0 Å². The first kappa shape index (κ1) is 18.2. The molecule has 0 saturated carbocycles. The van der Waals surface area contributed by atoms with Crippen LogP contribution < -0.4 is 4.74 Å². The van der Waals surface area contributed by atoms with E-state index in [1.165, 1.54) is 12.8 Å². The Kier molecular flexibility index (Phi) is 6.32. The van der Waals surface area contributed by atoms with Crippen LogP contribution in [0.15, 0.2) is 24.3 Å². The molecule has 25 heavy (non-hydrogen) atoms. The number of methoxy groups -OCH3 is 1. The standard InChI is InChI=1S/C20H30N2O3/c1-16(17-5-3-6-18(14-17)24-2)13-20(23)22-10-8-21(9-11-22)15-19-7-4-12-25-19/h3,5-6,14,16,19H,4,7-13,15H2,1-2H3/t16-,19-/m1/s1. The molecule has 2 heterocycles. The van der Waals surface area contributed by atoms with Crippen molar-refractivity contribution in [3.8, 4) is 5.75 Å². The Morgan fingerprint density at radius 2 is 2.12 bits per heavy atom. The second-order valence-electron chi connectivity index (χ2n) is 7.20. The minimum Gasteiger partial charge on any atom is -0.497 e. The third kappa shape index (κ3) is 4.95. The van der Waals surface area contributed by atoms with Gasteiger partial charge in [-0.2, -0.15) is 0 Å². The molecule has 0 radical (unpaired) electrons. The molecule has 5 heteroatoms. The van der Waals surface area contributed by atoms with E-state index in [1.54, 1.807) is 7.11 Å². The lowest BCUT2D eigenvalue weighted by atomic mass is 9.97. The Morgan fingerprint density at radius 1 is 1.32 bits per heavy atom. The molecule has 0 aliphatic carbocycles. The van der Waals surface area contributed by atoms with E-state index < -0.39 is 0 Å². The molecule has 0 bridgehead atoms. The summed E-state index contributed by atoms with van der Waals surface area (Å²) in [5.74, 6) is 1.30. The average molecular weight is 346 g/mol. The number of amides is 1. The summed E-state index contributed by atoms with van der Waals surface area (Å²) in [6.45, 7) is 7.61. The summed E-state index contributed by atoms with van der Waals surface area (Å²) in [6.07, 6.45) is 3.32. The van der Waals surface area contributed by atoms with Crippen molar-refractivity contribution in [2.75, 3.05) is 46.4 Å². The van der Waals surface area contributed by atoms with E-state index in [0.29, 0.717) is 12.5 Å². The molecule has 2 fully saturated rings. The predicted molar refractivity (Wildman–Crippen MR) is 98.0 cm³/mol. The van der Waals surface area contributed by atoms with E-state index in [2.05, 4.69) is 17.9 Å². The topological polar surface area (TPSA) is 42.0 Å². The number of nitrogens with zero attached hydrogens (tertiary/aromatic N) is 2. The van der Waals surface area contributed by atoms with E-state index >= 15 is 0 Å². The summed E-state index contributed by atoms with van der Waals surface area (Å²) < 4.78 is 11.0. The third-order valence-corrected chi connectivity index (χ3v) is 5.35. The Bertz CT molecular complexity index is 564. The molecule has 0 aromatic heterocycles. The number of piperazine rings is 1. The zero-order valence-corrected chi connectivity index (χ0v) is 15.4. The van der Waals surface area contributed by atoms with Crippen molar-refractivity contribution in [1.29, 1.82) is 0 Å². The average Bonchev–Trinajstić information content (AvgIpc) is 3.15. The van der Waals surface area contributed by atoms with E-state index in [4.69, 9.17) is 9.47 Å². The minimum absolute atomic E-state index is 0.201. The minimum atomic E-state index is 0.201. The molecular weight excluding hydrogens is 316 g/mol. The van der Waals surface area contributed by atoms with Crippen molar-refractivity contribution < 1.29 is 14.3 Å². The van der Waals surface area contributed by atoms with Gasteiger partial charge in [-0.1, -0.05) is 19.1 Å². The van der Waals surface area contributed by atoms with E-state index in [-0.39, 0.29) is 11.8 Å². The van der Waals surface area contributed by atoms with Crippen LogP contribution in [0.1, 0.15) is 37.7 Å². The molecule has 1 amide bonds. The largest absolute Gasteiger partial charge is 0.497 e. The zero-order chi connectivity index (χ0) is 17.6. The number of hydrogen-bond acceptors (Lipinski definition) is 4. The number of benzene rings is 1. The van der Waals surface area contributed by atoms with Gasteiger partial charge in [-0.05, 0) is 36.5 Å². The summed E-state index contributed by atoms with van der Waals surface area (Å²) in [5.41, 5.74) is 1.16. The van der Waals surface area contributed by atoms with E-state index in [9.17, 15) is 4.79 Å². The second kappa shape index (κ2) is 8.68. The van der Waals surface area contributed by atoms with Gasteiger partial charge in [0.2, 0.25) is 5.91 Å². The van der Waals surface area contributed by atoms with Gasteiger partial charge in [-0.3, -0.25) is 9.69 Å². The maximum Gasteiger partial charge on any atom is 0.223 e. The van der Waals surface area contributed by atoms with Gasteiger partial charge in [0.05, 0.1) is 13.2 Å². The van der Waals surface area contributed by atoms with Gasteiger partial charge in [-0.15, -0.1) is 0 Å². The van der Waals surface area contributed by atoms with Crippen LogP contribution in [-0.2, 0) is 9.53 Å².